The molecule has 2 rings (SSSR count). The predicted molar refractivity (Wildman–Crippen MR) is 79.3 cm³/mol. The number of halogens is 3. The van der Waals surface area contributed by atoms with Crippen LogP contribution < -0.4 is 9.47 Å². The Morgan fingerprint density at radius 2 is 1.61 bits per heavy atom. The number of allylic oxidation sites excluding steroid dienone is 1. The van der Waals surface area contributed by atoms with Crippen molar-refractivity contribution in [1.29, 1.82) is 5.26 Å². The van der Waals surface area contributed by atoms with Crippen molar-refractivity contribution in [1.82, 2.24) is 0 Å². The first kappa shape index (κ1) is 16.4. The van der Waals surface area contributed by atoms with Gasteiger partial charge in [0.15, 0.2) is 23.1 Å². The first-order valence-electron chi connectivity index (χ1n) is 6.49. The van der Waals surface area contributed by atoms with E-state index in [9.17, 15) is 18.4 Å². The number of hydrogen-bond donors (Lipinski definition) is 0. The standard InChI is InChI=1S/C17H12F3NO2/c1-22-16-4-3-10(7-17(16)23-2)12(9-21)5-11-6-14(19)15(20)8-13(11)18/h3-8H,1-2H3/b12-5+. The Morgan fingerprint density at radius 1 is 0.957 bits per heavy atom. The molecule has 0 unspecified atom stereocenters. The van der Waals surface area contributed by atoms with Gasteiger partial charge in [-0.1, -0.05) is 0 Å². The lowest BCUT2D eigenvalue weighted by Gasteiger charge is -2.09. The molecule has 3 nitrogen and oxygen atoms in total. The van der Waals surface area contributed by atoms with Gasteiger partial charge < -0.3 is 9.47 Å². The van der Waals surface area contributed by atoms with E-state index in [1.54, 1.807) is 12.1 Å². The lowest BCUT2D eigenvalue weighted by molar-refractivity contribution is 0.355. The van der Waals surface area contributed by atoms with Crippen molar-refractivity contribution in [2.24, 2.45) is 0 Å². The number of nitrogens with zero attached hydrogens (tertiary/aromatic N) is 1. The minimum atomic E-state index is -1.29. The molecule has 2 aromatic carbocycles. The number of ether oxygens (including phenoxy) is 2. The zero-order valence-corrected chi connectivity index (χ0v) is 12.4. The van der Waals surface area contributed by atoms with E-state index in [1.165, 1.54) is 20.3 Å². The van der Waals surface area contributed by atoms with Crippen LogP contribution in [0.15, 0.2) is 30.3 Å². The van der Waals surface area contributed by atoms with E-state index in [1.807, 2.05) is 6.07 Å². The summed E-state index contributed by atoms with van der Waals surface area (Å²) in [4.78, 5) is 0. The number of methoxy groups -OCH3 is 2. The highest BCUT2D eigenvalue weighted by Gasteiger charge is 2.12. The fraction of sp³-hybridized carbons (Fsp3) is 0.118. The van der Waals surface area contributed by atoms with E-state index < -0.39 is 17.5 Å². The minimum Gasteiger partial charge on any atom is -0.493 e. The molecule has 0 aromatic heterocycles. The van der Waals surface area contributed by atoms with Crippen LogP contribution in [0.1, 0.15) is 11.1 Å². The molecular formula is C17H12F3NO2. The number of rotatable bonds is 4. The molecule has 0 heterocycles. The third-order valence-corrected chi connectivity index (χ3v) is 3.15. The van der Waals surface area contributed by atoms with Crippen molar-refractivity contribution in [3.63, 3.8) is 0 Å². The lowest BCUT2D eigenvalue weighted by Crippen LogP contribution is -1.93. The summed E-state index contributed by atoms with van der Waals surface area (Å²) in [6, 6.07) is 7.73. The molecule has 0 aliphatic heterocycles. The van der Waals surface area contributed by atoms with E-state index >= 15 is 0 Å². The van der Waals surface area contributed by atoms with E-state index in [0.717, 1.165) is 6.08 Å². The van der Waals surface area contributed by atoms with Gasteiger partial charge in [0, 0.05) is 11.6 Å². The molecule has 0 spiro atoms. The molecule has 0 bridgehead atoms. The second-order valence-electron chi connectivity index (χ2n) is 4.53. The zero-order chi connectivity index (χ0) is 17.0. The molecular weight excluding hydrogens is 307 g/mol. The van der Waals surface area contributed by atoms with Crippen molar-refractivity contribution in [3.05, 3.63) is 58.9 Å². The Bertz CT molecular complexity index is 810. The van der Waals surface area contributed by atoms with Gasteiger partial charge in [0.05, 0.1) is 25.9 Å². The molecule has 0 atom stereocenters. The minimum absolute atomic E-state index is 0.0656. The van der Waals surface area contributed by atoms with Crippen LogP contribution in [0.4, 0.5) is 13.2 Å². The van der Waals surface area contributed by atoms with Crippen LogP contribution in [0, 0.1) is 28.8 Å². The van der Waals surface area contributed by atoms with Crippen molar-refractivity contribution >= 4 is 11.6 Å². The van der Waals surface area contributed by atoms with Crippen LogP contribution in [-0.4, -0.2) is 14.2 Å². The maximum atomic E-state index is 13.7. The molecule has 2 aromatic rings. The molecule has 0 fully saturated rings. The first-order chi connectivity index (χ1) is 11.0. The van der Waals surface area contributed by atoms with Gasteiger partial charge in [-0.2, -0.15) is 5.26 Å². The van der Waals surface area contributed by atoms with E-state index in [4.69, 9.17) is 9.47 Å². The van der Waals surface area contributed by atoms with Crippen molar-refractivity contribution < 1.29 is 22.6 Å². The maximum Gasteiger partial charge on any atom is 0.161 e. The van der Waals surface area contributed by atoms with E-state index in [0.29, 0.717) is 29.2 Å². The molecule has 23 heavy (non-hydrogen) atoms. The summed E-state index contributed by atoms with van der Waals surface area (Å²) in [6.07, 6.45) is 1.14. The topological polar surface area (TPSA) is 42.2 Å². The Hall–Kier alpha value is -2.94. The third kappa shape index (κ3) is 3.46. The second-order valence-corrected chi connectivity index (χ2v) is 4.53. The highest BCUT2D eigenvalue weighted by atomic mass is 19.2. The molecule has 0 amide bonds. The van der Waals surface area contributed by atoms with Crippen molar-refractivity contribution in [2.45, 2.75) is 0 Å². The third-order valence-electron chi connectivity index (χ3n) is 3.15. The molecule has 0 N–H and O–H groups in total. The predicted octanol–water partition coefficient (Wildman–Crippen LogP) is 4.19. The quantitative estimate of drug-likeness (QED) is 0.482. The Labute approximate surface area is 131 Å². The van der Waals surface area contributed by atoms with E-state index in [2.05, 4.69) is 0 Å². The largest absolute Gasteiger partial charge is 0.493 e. The fourth-order valence-corrected chi connectivity index (χ4v) is 1.99. The Morgan fingerprint density at radius 3 is 2.22 bits per heavy atom. The molecule has 0 aliphatic carbocycles. The van der Waals surface area contributed by atoms with Crippen molar-refractivity contribution in [2.75, 3.05) is 14.2 Å². The van der Waals surface area contributed by atoms with Gasteiger partial charge in [-0.05, 0) is 35.9 Å². The van der Waals surface area contributed by atoms with Crippen LogP contribution in [0.3, 0.4) is 0 Å². The van der Waals surface area contributed by atoms with Gasteiger partial charge in [0.2, 0.25) is 0 Å². The van der Waals surface area contributed by atoms with Gasteiger partial charge in [-0.25, -0.2) is 13.2 Å². The van der Waals surface area contributed by atoms with Crippen molar-refractivity contribution in [3.8, 4) is 17.6 Å². The highest BCUT2D eigenvalue weighted by Crippen LogP contribution is 2.31. The van der Waals surface area contributed by atoms with Crippen LogP contribution in [0.2, 0.25) is 0 Å². The molecule has 0 saturated carbocycles. The molecule has 0 saturated heterocycles. The monoisotopic (exact) mass is 319 g/mol. The van der Waals surface area contributed by atoms with Gasteiger partial charge in [0.1, 0.15) is 5.82 Å². The Balaban J connectivity index is 2.52. The average molecular weight is 319 g/mol. The smallest absolute Gasteiger partial charge is 0.161 e. The van der Waals surface area contributed by atoms with Gasteiger partial charge in [-0.15, -0.1) is 0 Å². The van der Waals surface area contributed by atoms with Gasteiger partial charge in [0.25, 0.3) is 0 Å². The number of hydrogen-bond acceptors (Lipinski definition) is 3. The molecule has 118 valence electrons. The number of nitriles is 1. The number of benzene rings is 2. The summed E-state index contributed by atoms with van der Waals surface area (Å²) < 4.78 is 50.1. The van der Waals surface area contributed by atoms with E-state index in [-0.39, 0.29) is 11.1 Å². The molecule has 0 aliphatic rings. The van der Waals surface area contributed by atoms with Gasteiger partial charge >= 0.3 is 0 Å². The summed E-state index contributed by atoms with van der Waals surface area (Å²) in [5.74, 6) is -2.59. The fourth-order valence-electron chi connectivity index (χ4n) is 1.99. The molecule has 0 radical (unpaired) electrons. The van der Waals surface area contributed by atoms with Crippen LogP contribution in [0.25, 0.3) is 11.6 Å². The average Bonchev–Trinajstić information content (AvgIpc) is 2.56. The summed E-state index contributed by atoms with van der Waals surface area (Å²) >= 11 is 0. The van der Waals surface area contributed by atoms with Crippen LogP contribution >= 0.6 is 0 Å². The summed E-state index contributed by atoms with van der Waals surface area (Å²) in [5, 5.41) is 9.27. The highest BCUT2D eigenvalue weighted by molar-refractivity contribution is 5.90. The zero-order valence-electron chi connectivity index (χ0n) is 12.4. The van der Waals surface area contributed by atoms with Crippen LogP contribution in [0.5, 0.6) is 11.5 Å². The summed E-state index contributed by atoms with van der Waals surface area (Å²) in [6.45, 7) is 0. The Kier molecular flexibility index (Phi) is 4.91. The SMILES string of the molecule is COc1ccc(/C(C#N)=C/c2cc(F)c(F)cc2F)cc1OC. The van der Waals surface area contributed by atoms with Crippen LogP contribution in [-0.2, 0) is 0 Å². The summed E-state index contributed by atoms with van der Waals surface area (Å²) in [5.41, 5.74) is 0.264. The second kappa shape index (κ2) is 6.88. The first-order valence-corrected chi connectivity index (χ1v) is 6.49. The normalized spacial score (nSPS) is 11.0. The summed E-state index contributed by atoms with van der Waals surface area (Å²) in [7, 11) is 2.90. The maximum absolute atomic E-state index is 13.7. The van der Waals surface area contributed by atoms with Gasteiger partial charge in [-0.3, -0.25) is 0 Å². The lowest BCUT2D eigenvalue weighted by atomic mass is 10.0. The molecule has 6 heteroatoms.